The number of ether oxygens (including phenoxy) is 1. The average molecular weight is 426 g/mol. The van der Waals surface area contributed by atoms with Crippen molar-refractivity contribution in [2.75, 3.05) is 12.4 Å². The van der Waals surface area contributed by atoms with Gasteiger partial charge in [-0.15, -0.1) is 0 Å². The van der Waals surface area contributed by atoms with Crippen LogP contribution in [0.1, 0.15) is 28.0 Å². The van der Waals surface area contributed by atoms with E-state index >= 15 is 0 Å². The van der Waals surface area contributed by atoms with E-state index in [0.717, 1.165) is 10.7 Å². The molecule has 2 aromatic heterocycles. The fourth-order valence-corrected chi connectivity index (χ4v) is 3.13. The smallest absolute Gasteiger partial charge is 0.280 e. The molecule has 0 aliphatic carbocycles. The number of aromatic nitrogens is 3. The molecule has 0 unspecified atom stereocenters. The Morgan fingerprint density at radius 1 is 1.13 bits per heavy atom. The molecule has 1 N–H and O–H groups in total. The van der Waals surface area contributed by atoms with E-state index in [1.807, 2.05) is 0 Å². The molecule has 0 saturated carbocycles. The van der Waals surface area contributed by atoms with Crippen LogP contribution in [0.3, 0.4) is 0 Å². The number of hydrogen-bond donors (Lipinski definition) is 1. The second-order valence-electron chi connectivity index (χ2n) is 6.80. The van der Waals surface area contributed by atoms with Crippen LogP contribution in [0.4, 0.5) is 18.9 Å². The van der Waals surface area contributed by atoms with E-state index in [9.17, 15) is 18.0 Å². The summed E-state index contributed by atoms with van der Waals surface area (Å²) in [6.45, 7) is 1.71. The van der Waals surface area contributed by atoms with Crippen LogP contribution in [0.25, 0.3) is 16.9 Å². The van der Waals surface area contributed by atoms with Crippen molar-refractivity contribution in [1.82, 2.24) is 14.6 Å². The van der Waals surface area contributed by atoms with Crippen LogP contribution in [-0.2, 0) is 0 Å². The molecule has 2 aromatic carbocycles. The van der Waals surface area contributed by atoms with E-state index in [1.165, 1.54) is 31.4 Å². The van der Waals surface area contributed by atoms with Crippen molar-refractivity contribution in [2.45, 2.75) is 13.3 Å². The van der Waals surface area contributed by atoms with Crippen LogP contribution >= 0.6 is 0 Å². The van der Waals surface area contributed by atoms with Gasteiger partial charge < -0.3 is 10.1 Å². The maximum atomic E-state index is 13.7. The zero-order valence-corrected chi connectivity index (χ0v) is 16.6. The van der Waals surface area contributed by atoms with Crippen LogP contribution in [0, 0.1) is 12.7 Å². The molecule has 0 bridgehead atoms. The zero-order valence-electron chi connectivity index (χ0n) is 16.6. The Bertz CT molecular complexity index is 1270. The van der Waals surface area contributed by atoms with E-state index in [4.69, 9.17) is 4.74 Å². The second kappa shape index (κ2) is 8.10. The summed E-state index contributed by atoms with van der Waals surface area (Å²) in [6.07, 6.45) is -1.68. The summed E-state index contributed by atoms with van der Waals surface area (Å²) in [5, 5.41) is 6.52. The minimum absolute atomic E-state index is 0.0130. The summed E-state index contributed by atoms with van der Waals surface area (Å²) in [4.78, 5) is 17.2. The number of alkyl halides is 2. The molecule has 6 nitrogen and oxygen atoms in total. The molecule has 31 heavy (non-hydrogen) atoms. The van der Waals surface area contributed by atoms with E-state index in [1.54, 1.807) is 31.2 Å². The topological polar surface area (TPSA) is 68.5 Å². The molecular weight excluding hydrogens is 409 g/mol. The molecule has 4 rings (SSSR count). The van der Waals surface area contributed by atoms with Crippen LogP contribution in [-0.4, -0.2) is 27.6 Å². The first-order chi connectivity index (χ1) is 14.9. The Morgan fingerprint density at radius 3 is 2.55 bits per heavy atom. The SMILES string of the molecule is COc1ccc(-c2cc(C(F)F)n3ncc(C(=O)Nc4cc(F)ccc4C)c3n2)cc1. The van der Waals surface area contributed by atoms with Gasteiger partial charge in [0.05, 0.1) is 19.0 Å². The van der Waals surface area contributed by atoms with E-state index < -0.39 is 23.8 Å². The molecule has 1 amide bonds. The summed E-state index contributed by atoms with van der Waals surface area (Å²) in [5.41, 5.74) is 1.28. The number of methoxy groups -OCH3 is 1. The third-order valence-electron chi connectivity index (χ3n) is 4.80. The number of carbonyl (C=O) groups excluding carboxylic acids is 1. The molecular formula is C22H17F3N4O2. The van der Waals surface area contributed by atoms with Crippen molar-refractivity contribution in [1.29, 1.82) is 0 Å². The normalized spacial score (nSPS) is 11.2. The zero-order chi connectivity index (χ0) is 22.1. The number of halogens is 3. The quantitative estimate of drug-likeness (QED) is 0.485. The maximum Gasteiger partial charge on any atom is 0.280 e. The predicted molar refractivity (Wildman–Crippen MR) is 109 cm³/mol. The lowest BCUT2D eigenvalue weighted by Gasteiger charge is -2.10. The van der Waals surface area contributed by atoms with E-state index in [2.05, 4.69) is 15.4 Å². The largest absolute Gasteiger partial charge is 0.497 e. The first kappa shape index (κ1) is 20.4. The molecule has 0 saturated heterocycles. The Kier molecular flexibility index (Phi) is 5.33. The Morgan fingerprint density at radius 2 is 1.87 bits per heavy atom. The highest BCUT2D eigenvalue weighted by atomic mass is 19.3. The number of hydrogen-bond acceptors (Lipinski definition) is 4. The minimum Gasteiger partial charge on any atom is -0.497 e. The number of benzene rings is 2. The molecule has 2 heterocycles. The number of nitrogens with zero attached hydrogens (tertiary/aromatic N) is 3. The van der Waals surface area contributed by atoms with E-state index in [0.29, 0.717) is 16.9 Å². The van der Waals surface area contributed by atoms with Crippen molar-refractivity contribution in [2.24, 2.45) is 0 Å². The number of carbonyl (C=O) groups is 1. The van der Waals surface area contributed by atoms with Crippen LogP contribution in [0.5, 0.6) is 5.75 Å². The molecule has 158 valence electrons. The maximum absolute atomic E-state index is 13.7. The second-order valence-corrected chi connectivity index (χ2v) is 6.80. The van der Waals surface area contributed by atoms with Crippen LogP contribution < -0.4 is 10.1 Å². The van der Waals surface area contributed by atoms with Gasteiger partial charge in [-0.3, -0.25) is 4.79 Å². The van der Waals surface area contributed by atoms with Crippen molar-refractivity contribution >= 4 is 17.2 Å². The molecule has 0 spiro atoms. The summed E-state index contributed by atoms with van der Waals surface area (Å²) in [7, 11) is 1.52. The molecule has 0 radical (unpaired) electrons. The lowest BCUT2D eigenvalue weighted by Crippen LogP contribution is -2.13. The van der Waals surface area contributed by atoms with E-state index in [-0.39, 0.29) is 22.6 Å². The van der Waals surface area contributed by atoms with Gasteiger partial charge in [-0.05, 0) is 55.0 Å². The summed E-state index contributed by atoms with van der Waals surface area (Å²) in [6, 6.07) is 11.9. The van der Waals surface area contributed by atoms with Crippen LogP contribution in [0.2, 0.25) is 0 Å². The highest BCUT2D eigenvalue weighted by Gasteiger charge is 2.22. The summed E-state index contributed by atoms with van der Waals surface area (Å²) >= 11 is 0. The molecule has 0 atom stereocenters. The number of fused-ring (bicyclic) bond motifs is 1. The lowest BCUT2D eigenvalue weighted by atomic mass is 10.1. The van der Waals surface area contributed by atoms with Gasteiger partial charge in [-0.25, -0.2) is 22.7 Å². The molecule has 0 fully saturated rings. The van der Waals surface area contributed by atoms with Crippen LogP contribution in [0.15, 0.2) is 54.7 Å². The van der Waals surface area contributed by atoms with Gasteiger partial charge in [0.15, 0.2) is 5.65 Å². The van der Waals surface area contributed by atoms with Crippen molar-refractivity contribution in [3.63, 3.8) is 0 Å². The fraction of sp³-hybridized carbons (Fsp3) is 0.136. The summed E-state index contributed by atoms with van der Waals surface area (Å²) < 4.78 is 47.0. The highest BCUT2D eigenvalue weighted by Crippen LogP contribution is 2.28. The molecule has 0 aliphatic rings. The standard InChI is InChI=1S/C22H17F3N4O2/c1-12-3-6-14(23)9-17(12)28-22(30)16-11-26-29-19(20(24)25)10-18(27-21(16)29)13-4-7-15(31-2)8-5-13/h3-11,20H,1-2H3,(H,28,30). The van der Waals surface area contributed by atoms with Gasteiger partial charge in [0.25, 0.3) is 12.3 Å². The first-order valence-corrected chi connectivity index (χ1v) is 9.26. The highest BCUT2D eigenvalue weighted by molar-refractivity contribution is 6.08. The number of amides is 1. The van der Waals surface area contributed by atoms with Gasteiger partial charge in [0.2, 0.25) is 0 Å². The molecule has 9 heteroatoms. The van der Waals surface area contributed by atoms with Gasteiger partial charge >= 0.3 is 0 Å². The van der Waals surface area contributed by atoms with Gasteiger partial charge in [-0.2, -0.15) is 5.10 Å². The monoisotopic (exact) mass is 426 g/mol. The number of anilines is 1. The van der Waals surface area contributed by atoms with Crippen molar-refractivity contribution < 1.29 is 22.7 Å². The van der Waals surface area contributed by atoms with Crippen molar-refractivity contribution in [3.05, 3.63) is 77.4 Å². The molecule has 4 aromatic rings. The lowest BCUT2D eigenvalue weighted by molar-refractivity contribution is 0.102. The third-order valence-corrected chi connectivity index (χ3v) is 4.80. The Balaban J connectivity index is 1.80. The number of aryl methyl sites for hydroxylation is 1. The van der Waals surface area contributed by atoms with Gasteiger partial charge in [0.1, 0.15) is 22.8 Å². The number of rotatable bonds is 5. The molecule has 0 aliphatic heterocycles. The predicted octanol–water partition coefficient (Wildman–Crippen LogP) is 5.04. The van der Waals surface area contributed by atoms with Gasteiger partial charge in [-0.1, -0.05) is 6.07 Å². The van der Waals surface area contributed by atoms with Crippen molar-refractivity contribution in [3.8, 4) is 17.0 Å². The third kappa shape index (κ3) is 3.94. The Labute approximate surface area is 175 Å². The summed E-state index contributed by atoms with van der Waals surface area (Å²) in [5.74, 6) is -0.544. The first-order valence-electron chi connectivity index (χ1n) is 9.26. The minimum atomic E-state index is -2.84. The average Bonchev–Trinajstić information content (AvgIpc) is 3.19. The Hall–Kier alpha value is -3.88. The fourth-order valence-electron chi connectivity index (χ4n) is 3.13. The number of nitrogens with one attached hydrogen (secondary N) is 1. The van der Waals surface area contributed by atoms with Gasteiger partial charge in [0, 0.05) is 11.3 Å².